The second-order valence-corrected chi connectivity index (χ2v) is 7.14. The maximum atomic E-state index is 11.2. The van der Waals surface area contributed by atoms with Gasteiger partial charge in [-0.25, -0.2) is 0 Å². The molecular weight excluding hydrogens is 386 g/mol. The summed E-state index contributed by atoms with van der Waals surface area (Å²) in [4.78, 5) is 15.6. The van der Waals surface area contributed by atoms with Crippen LogP contribution in [0.4, 0.5) is 5.69 Å². The van der Waals surface area contributed by atoms with Crippen molar-refractivity contribution >= 4 is 34.7 Å². The van der Waals surface area contributed by atoms with Gasteiger partial charge in [-0.1, -0.05) is 23.0 Å². The molecule has 0 bridgehead atoms. The summed E-state index contributed by atoms with van der Waals surface area (Å²) in [6, 6.07) is 9.20. The van der Waals surface area contributed by atoms with Crippen molar-refractivity contribution in [1.82, 2.24) is 30.3 Å². The van der Waals surface area contributed by atoms with Crippen LogP contribution in [0.2, 0.25) is 0 Å². The highest BCUT2D eigenvalue weighted by atomic mass is 32.2. The normalized spacial score (nSPS) is 10.9. The van der Waals surface area contributed by atoms with Crippen LogP contribution in [0.25, 0.3) is 17.1 Å². The van der Waals surface area contributed by atoms with Crippen LogP contribution < -0.4 is 5.32 Å². The summed E-state index contributed by atoms with van der Waals surface area (Å²) in [6.07, 6.45) is 0. The van der Waals surface area contributed by atoms with Gasteiger partial charge in [-0.15, -0.1) is 5.10 Å². The number of nitrogens with zero attached hydrogens (tertiary/aromatic N) is 6. The fourth-order valence-corrected chi connectivity index (χ4v) is 3.66. The lowest BCUT2D eigenvalue weighted by molar-refractivity contribution is -0.114. The van der Waals surface area contributed by atoms with Crippen molar-refractivity contribution < 1.29 is 9.32 Å². The molecule has 4 aromatic rings. The molecular formula is C16H13N7O2S2. The van der Waals surface area contributed by atoms with E-state index >= 15 is 0 Å². The van der Waals surface area contributed by atoms with Crippen molar-refractivity contribution in [3.05, 3.63) is 46.9 Å². The zero-order valence-electron chi connectivity index (χ0n) is 14.1. The van der Waals surface area contributed by atoms with Gasteiger partial charge in [-0.3, -0.25) is 4.79 Å². The van der Waals surface area contributed by atoms with E-state index in [0.29, 0.717) is 28.3 Å². The predicted molar refractivity (Wildman–Crippen MR) is 101 cm³/mol. The van der Waals surface area contributed by atoms with Crippen molar-refractivity contribution in [1.29, 1.82) is 0 Å². The zero-order valence-corrected chi connectivity index (χ0v) is 15.7. The molecule has 0 aliphatic heterocycles. The highest BCUT2D eigenvalue weighted by Crippen LogP contribution is 2.25. The molecule has 4 rings (SSSR count). The lowest BCUT2D eigenvalue weighted by atomic mass is 10.3. The van der Waals surface area contributed by atoms with Gasteiger partial charge in [0.15, 0.2) is 5.82 Å². The Bertz CT molecular complexity index is 1060. The highest BCUT2D eigenvalue weighted by molar-refractivity contribution is 7.98. The monoisotopic (exact) mass is 399 g/mol. The summed E-state index contributed by atoms with van der Waals surface area (Å²) in [5.41, 5.74) is 2.31. The van der Waals surface area contributed by atoms with Crippen molar-refractivity contribution in [3.8, 4) is 17.1 Å². The van der Waals surface area contributed by atoms with Crippen LogP contribution in [0, 0.1) is 0 Å². The van der Waals surface area contributed by atoms with Gasteiger partial charge in [0.25, 0.3) is 5.89 Å². The number of nitrogens with one attached hydrogen (secondary N) is 1. The molecule has 0 aliphatic rings. The van der Waals surface area contributed by atoms with E-state index in [9.17, 15) is 4.79 Å². The van der Waals surface area contributed by atoms with Gasteiger partial charge in [0, 0.05) is 18.0 Å². The molecule has 1 aromatic carbocycles. The number of tetrazole rings is 1. The predicted octanol–water partition coefficient (Wildman–Crippen LogP) is 3.02. The van der Waals surface area contributed by atoms with Crippen LogP contribution in [0.1, 0.15) is 12.7 Å². The Balaban J connectivity index is 1.49. The molecule has 11 heteroatoms. The summed E-state index contributed by atoms with van der Waals surface area (Å²) < 4.78 is 6.87. The van der Waals surface area contributed by atoms with E-state index in [2.05, 4.69) is 31.0 Å². The summed E-state index contributed by atoms with van der Waals surface area (Å²) in [5, 5.41) is 23.0. The Morgan fingerprint density at radius 2 is 2.30 bits per heavy atom. The average Bonchev–Trinajstić information content (AvgIpc) is 3.39. The Morgan fingerprint density at radius 1 is 1.37 bits per heavy atom. The van der Waals surface area contributed by atoms with Crippen LogP contribution in [-0.4, -0.2) is 36.3 Å². The smallest absolute Gasteiger partial charge is 0.258 e. The Hall–Kier alpha value is -3.05. The maximum absolute atomic E-state index is 11.2. The number of aromatic nitrogens is 6. The van der Waals surface area contributed by atoms with Gasteiger partial charge in [-0.2, -0.15) is 21.0 Å². The average molecular weight is 399 g/mol. The second-order valence-electron chi connectivity index (χ2n) is 5.42. The van der Waals surface area contributed by atoms with Crippen molar-refractivity contribution in [2.24, 2.45) is 0 Å². The third-order valence-electron chi connectivity index (χ3n) is 3.42. The molecule has 0 atom stereocenters. The molecule has 0 saturated carbocycles. The summed E-state index contributed by atoms with van der Waals surface area (Å²) in [7, 11) is 0. The first-order chi connectivity index (χ1) is 13.2. The molecule has 0 spiro atoms. The van der Waals surface area contributed by atoms with Gasteiger partial charge >= 0.3 is 0 Å². The molecule has 27 heavy (non-hydrogen) atoms. The number of anilines is 1. The molecule has 136 valence electrons. The van der Waals surface area contributed by atoms with E-state index in [1.165, 1.54) is 18.7 Å². The highest BCUT2D eigenvalue weighted by Gasteiger charge is 2.14. The molecule has 0 fully saturated rings. The number of benzene rings is 1. The lowest BCUT2D eigenvalue weighted by Crippen LogP contribution is -2.07. The quantitative estimate of drug-likeness (QED) is 0.493. The minimum Gasteiger partial charge on any atom is -0.334 e. The molecule has 1 amide bonds. The molecule has 3 heterocycles. The number of carbonyl (C=O) groups is 1. The zero-order chi connectivity index (χ0) is 18.6. The Kier molecular flexibility index (Phi) is 4.94. The van der Waals surface area contributed by atoms with E-state index in [1.807, 2.05) is 29.0 Å². The third kappa shape index (κ3) is 4.04. The standard InChI is InChI=1S/C16H13N7O2S2/c1-10(24)17-12-3-2-4-13(7-12)23-16(19-21-22-23)27-9-14-18-15(25-20-14)11-5-6-26-8-11/h2-8H,9H2,1H3,(H,17,24). The van der Waals surface area contributed by atoms with E-state index in [1.54, 1.807) is 28.2 Å². The fourth-order valence-electron chi connectivity index (χ4n) is 2.29. The largest absolute Gasteiger partial charge is 0.334 e. The number of thiophene rings is 1. The summed E-state index contributed by atoms with van der Waals surface area (Å²) in [5.74, 6) is 1.37. The molecule has 0 radical (unpaired) electrons. The number of hydrogen-bond donors (Lipinski definition) is 1. The molecule has 0 saturated heterocycles. The second kappa shape index (κ2) is 7.68. The number of hydrogen-bond acceptors (Lipinski definition) is 9. The van der Waals surface area contributed by atoms with Crippen LogP contribution in [0.5, 0.6) is 0 Å². The van der Waals surface area contributed by atoms with Crippen molar-refractivity contribution in [2.75, 3.05) is 5.32 Å². The van der Waals surface area contributed by atoms with E-state index in [0.717, 1.165) is 11.3 Å². The van der Waals surface area contributed by atoms with Crippen molar-refractivity contribution in [3.63, 3.8) is 0 Å². The molecule has 0 aliphatic carbocycles. The van der Waals surface area contributed by atoms with E-state index in [4.69, 9.17) is 4.52 Å². The summed E-state index contributed by atoms with van der Waals surface area (Å²) >= 11 is 2.96. The fraction of sp³-hybridized carbons (Fsp3) is 0.125. The Labute approximate surface area is 161 Å². The summed E-state index contributed by atoms with van der Waals surface area (Å²) in [6.45, 7) is 1.46. The molecule has 9 nitrogen and oxygen atoms in total. The van der Waals surface area contributed by atoms with E-state index in [-0.39, 0.29) is 5.91 Å². The van der Waals surface area contributed by atoms with E-state index < -0.39 is 0 Å². The van der Waals surface area contributed by atoms with Gasteiger partial charge in [0.1, 0.15) is 0 Å². The van der Waals surface area contributed by atoms with Crippen LogP contribution in [-0.2, 0) is 10.5 Å². The van der Waals surface area contributed by atoms with Crippen molar-refractivity contribution in [2.45, 2.75) is 17.8 Å². The number of amides is 1. The van der Waals surface area contributed by atoms with Crippen LogP contribution >= 0.6 is 23.1 Å². The minimum atomic E-state index is -0.142. The Morgan fingerprint density at radius 3 is 3.11 bits per heavy atom. The van der Waals surface area contributed by atoms with Gasteiger partial charge in [0.2, 0.25) is 11.1 Å². The number of rotatable bonds is 6. The van der Waals surface area contributed by atoms with Gasteiger partial charge < -0.3 is 9.84 Å². The first-order valence-electron chi connectivity index (χ1n) is 7.83. The number of thioether (sulfide) groups is 1. The third-order valence-corrected chi connectivity index (χ3v) is 5.02. The SMILES string of the molecule is CC(=O)Nc1cccc(-n2nnnc2SCc2noc(-c3ccsc3)n2)c1. The van der Waals surface area contributed by atoms with Crippen LogP contribution in [0.15, 0.2) is 50.8 Å². The lowest BCUT2D eigenvalue weighted by Gasteiger charge is -2.06. The molecule has 1 N–H and O–H groups in total. The van der Waals surface area contributed by atoms with Gasteiger partial charge in [0.05, 0.1) is 17.0 Å². The molecule has 0 unspecified atom stereocenters. The van der Waals surface area contributed by atoms with Crippen LogP contribution in [0.3, 0.4) is 0 Å². The van der Waals surface area contributed by atoms with Gasteiger partial charge in [-0.05, 0) is 40.1 Å². The number of carbonyl (C=O) groups excluding carboxylic acids is 1. The minimum absolute atomic E-state index is 0.142. The first-order valence-corrected chi connectivity index (χ1v) is 9.76. The topological polar surface area (TPSA) is 112 Å². The first kappa shape index (κ1) is 17.4. The maximum Gasteiger partial charge on any atom is 0.258 e. The molecule has 3 aromatic heterocycles.